The molecule has 0 bridgehead atoms. The van der Waals surface area contributed by atoms with Crippen molar-refractivity contribution < 1.29 is 17.9 Å². The molecular formula is C10H20BrNO4S. The van der Waals surface area contributed by atoms with Crippen LogP contribution in [0, 0.1) is 0 Å². The van der Waals surface area contributed by atoms with Gasteiger partial charge in [-0.15, -0.1) is 0 Å². The van der Waals surface area contributed by atoms with Gasteiger partial charge in [0.05, 0.1) is 12.6 Å². The summed E-state index contributed by atoms with van der Waals surface area (Å²) < 4.78 is 26.5. The minimum atomic E-state index is -3.44. The molecule has 17 heavy (non-hydrogen) atoms. The molecule has 1 atom stereocenters. The maximum absolute atomic E-state index is 11.9. The molecule has 0 aromatic carbocycles. The Morgan fingerprint density at radius 3 is 2.35 bits per heavy atom. The van der Waals surface area contributed by atoms with E-state index in [0.29, 0.717) is 18.4 Å². The van der Waals surface area contributed by atoms with Gasteiger partial charge in [0.15, 0.2) is 9.84 Å². The fourth-order valence-corrected chi connectivity index (χ4v) is 2.01. The summed E-state index contributed by atoms with van der Waals surface area (Å²) in [4.78, 5) is 11.9. The van der Waals surface area contributed by atoms with E-state index in [1.54, 1.807) is 0 Å². The largest absolute Gasteiger partial charge is 0.383 e. The highest BCUT2D eigenvalue weighted by atomic mass is 79.9. The van der Waals surface area contributed by atoms with E-state index < -0.39 is 20.5 Å². The third-order valence-corrected chi connectivity index (χ3v) is 5.13. The molecule has 5 nitrogen and oxygen atoms in total. The number of carbonyl (C=O) groups excluding carboxylic acids is 1. The molecule has 0 aliphatic carbocycles. The van der Waals surface area contributed by atoms with Crippen LogP contribution in [0.2, 0.25) is 0 Å². The van der Waals surface area contributed by atoms with Crippen LogP contribution in [0.25, 0.3) is 0 Å². The van der Waals surface area contributed by atoms with Crippen LogP contribution in [0.4, 0.5) is 0 Å². The smallest absolute Gasteiger partial charge is 0.241 e. The van der Waals surface area contributed by atoms with Gasteiger partial charge in [0.2, 0.25) is 5.91 Å². The van der Waals surface area contributed by atoms with Crippen LogP contribution in [0.1, 0.15) is 20.3 Å². The fourth-order valence-electron chi connectivity index (χ4n) is 1.06. The van der Waals surface area contributed by atoms with Gasteiger partial charge in [-0.25, -0.2) is 8.42 Å². The highest BCUT2D eigenvalue weighted by molar-refractivity contribution is 9.09. The van der Waals surface area contributed by atoms with Crippen molar-refractivity contribution in [2.24, 2.45) is 0 Å². The lowest BCUT2D eigenvalue weighted by atomic mass is 10.1. The SMILES string of the molecule is COCC(CCBr)NC(=O)C(C)(C)S(C)(=O)=O. The first kappa shape index (κ1) is 16.9. The predicted octanol–water partition coefficient (Wildman–Crippen LogP) is 0.726. The van der Waals surface area contributed by atoms with Crippen LogP contribution >= 0.6 is 15.9 Å². The zero-order valence-electron chi connectivity index (χ0n) is 10.6. The number of amides is 1. The monoisotopic (exact) mass is 329 g/mol. The third-order valence-electron chi connectivity index (χ3n) is 2.63. The van der Waals surface area contributed by atoms with Gasteiger partial charge in [0.25, 0.3) is 0 Å². The number of hydrogen-bond donors (Lipinski definition) is 1. The van der Waals surface area contributed by atoms with Gasteiger partial charge in [0.1, 0.15) is 4.75 Å². The highest BCUT2D eigenvalue weighted by Crippen LogP contribution is 2.15. The molecule has 0 radical (unpaired) electrons. The maximum atomic E-state index is 11.9. The van der Waals surface area contributed by atoms with Crippen molar-refractivity contribution in [3.8, 4) is 0 Å². The Labute approximate surface area is 111 Å². The number of rotatable bonds is 7. The predicted molar refractivity (Wildman–Crippen MR) is 71.1 cm³/mol. The van der Waals surface area contributed by atoms with Crippen molar-refractivity contribution in [3.05, 3.63) is 0 Å². The number of methoxy groups -OCH3 is 1. The van der Waals surface area contributed by atoms with Gasteiger partial charge in [-0.1, -0.05) is 15.9 Å². The van der Waals surface area contributed by atoms with Crippen molar-refractivity contribution in [2.45, 2.75) is 31.1 Å². The molecule has 0 saturated heterocycles. The quantitative estimate of drug-likeness (QED) is 0.699. The molecule has 7 heteroatoms. The van der Waals surface area contributed by atoms with Crippen LogP contribution in [-0.4, -0.2) is 50.4 Å². The fraction of sp³-hybridized carbons (Fsp3) is 0.900. The molecule has 1 unspecified atom stereocenters. The van der Waals surface area contributed by atoms with E-state index in [9.17, 15) is 13.2 Å². The van der Waals surface area contributed by atoms with Crippen molar-refractivity contribution in [2.75, 3.05) is 25.3 Å². The number of alkyl halides is 1. The first-order chi connectivity index (χ1) is 7.66. The van der Waals surface area contributed by atoms with Gasteiger partial charge in [0, 0.05) is 18.7 Å². The topological polar surface area (TPSA) is 72.5 Å². The molecule has 0 rings (SSSR count). The average molecular weight is 330 g/mol. The van der Waals surface area contributed by atoms with Crippen molar-refractivity contribution in [3.63, 3.8) is 0 Å². The number of ether oxygens (including phenoxy) is 1. The van der Waals surface area contributed by atoms with Crippen LogP contribution < -0.4 is 5.32 Å². The molecule has 0 heterocycles. The molecule has 0 saturated carbocycles. The Morgan fingerprint density at radius 1 is 1.47 bits per heavy atom. The van der Waals surface area contributed by atoms with E-state index in [1.165, 1.54) is 21.0 Å². The van der Waals surface area contributed by atoms with E-state index in [-0.39, 0.29) is 6.04 Å². The minimum absolute atomic E-state index is 0.187. The Kier molecular flexibility index (Phi) is 6.65. The second-order valence-corrected chi connectivity index (χ2v) is 7.74. The Hall–Kier alpha value is -0.140. The van der Waals surface area contributed by atoms with E-state index >= 15 is 0 Å². The molecule has 0 fully saturated rings. The maximum Gasteiger partial charge on any atom is 0.241 e. The second-order valence-electron chi connectivity index (χ2n) is 4.39. The zero-order valence-corrected chi connectivity index (χ0v) is 13.0. The molecule has 1 N–H and O–H groups in total. The Bertz CT molecular complexity index is 347. The van der Waals surface area contributed by atoms with Gasteiger partial charge in [-0.05, 0) is 20.3 Å². The van der Waals surface area contributed by atoms with Crippen LogP contribution in [0.5, 0.6) is 0 Å². The summed E-state index contributed by atoms with van der Waals surface area (Å²) >= 11 is 3.27. The summed E-state index contributed by atoms with van der Waals surface area (Å²) in [6.07, 6.45) is 1.74. The van der Waals surface area contributed by atoms with Crippen LogP contribution in [0.15, 0.2) is 0 Å². The van der Waals surface area contributed by atoms with E-state index in [4.69, 9.17) is 4.74 Å². The summed E-state index contributed by atoms with van der Waals surface area (Å²) in [6.45, 7) is 3.16. The molecule has 0 aromatic heterocycles. The first-order valence-corrected chi connectivity index (χ1v) is 8.23. The third kappa shape index (κ3) is 4.93. The van der Waals surface area contributed by atoms with Crippen LogP contribution in [0.3, 0.4) is 0 Å². The normalized spacial score (nSPS) is 14.4. The molecule has 0 aromatic rings. The van der Waals surface area contributed by atoms with Gasteiger partial charge < -0.3 is 10.1 Å². The lowest BCUT2D eigenvalue weighted by Crippen LogP contribution is -2.51. The zero-order chi connectivity index (χ0) is 13.7. The Balaban J connectivity index is 4.71. The molecule has 0 spiro atoms. The van der Waals surface area contributed by atoms with Crippen molar-refractivity contribution >= 4 is 31.7 Å². The number of halogens is 1. The Morgan fingerprint density at radius 2 is 2.00 bits per heavy atom. The first-order valence-electron chi connectivity index (χ1n) is 5.22. The number of hydrogen-bond acceptors (Lipinski definition) is 4. The number of sulfone groups is 1. The molecule has 0 aliphatic heterocycles. The lowest BCUT2D eigenvalue weighted by Gasteiger charge is -2.25. The summed E-state index contributed by atoms with van der Waals surface area (Å²) in [5.74, 6) is -0.497. The van der Waals surface area contributed by atoms with Crippen molar-refractivity contribution in [1.82, 2.24) is 5.32 Å². The summed E-state index contributed by atoms with van der Waals surface area (Å²) in [6, 6.07) is -0.187. The van der Waals surface area contributed by atoms with Crippen LogP contribution in [-0.2, 0) is 19.4 Å². The van der Waals surface area contributed by atoms with Gasteiger partial charge >= 0.3 is 0 Å². The highest BCUT2D eigenvalue weighted by Gasteiger charge is 2.39. The van der Waals surface area contributed by atoms with Crippen molar-refractivity contribution in [1.29, 1.82) is 0 Å². The summed E-state index contributed by atoms with van der Waals surface area (Å²) in [5.41, 5.74) is 0. The lowest BCUT2D eigenvalue weighted by molar-refractivity contribution is -0.124. The minimum Gasteiger partial charge on any atom is -0.383 e. The van der Waals surface area contributed by atoms with Gasteiger partial charge in [-0.2, -0.15) is 0 Å². The standard InChI is InChI=1S/C10H20BrNO4S/c1-10(2,17(4,14)15)9(13)12-8(5-6-11)7-16-3/h8H,5-7H2,1-4H3,(H,12,13). The molecule has 102 valence electrons. The average Bonchev–Trinajstić information content (AvgIpc) is 2.16. The molecule has 1 amide bonds. The summed E-state index contributed by atoms with van der Waals surface area (Å²) in [7, 11) is -1.90. The van der Waals surface area contributed by atoms with E-state index in [1.807, 2.05) is 0 Å². The second kappa shape index (κ2) is 6.70. The molecule has 0 aliphatic rings. The molecular weight excluding hydrogens is 310 g/mol. The summed E-state index contributed by atoms with van der Waals surface area (Å²) in [5, 5.41) is 3.40. The number of carbonyl (C=O) groups is 1. The van der Waals surface area contributed by atoms with Gasteiger partial charge in [-0.3, -0.25) is 4.79 Å². The van der Waals surface area contributed by atoms with E-state index in [2.05, 4.69) is 21.2 Å². The number of nitrogens with one attached hydrogen (secondary N) is 1. The van der Waals surface area contributed by atoms with E-state index in [0.717, 1.165) is 6.26 Å².